The first-order chi connectivity index (χ1) is 13.5. The fourth-order valence-electron chi connectivity index (χ4n) is 4.74. The number of hydrogen-bond acceptors (Lipinski definition) is 4. The lowest BCUT2D eigenvalue weighted by Gasteiger charge is -2.51. The fraction of sp³-hybridized carbons (Fsp3) is 0.455. The second kappa shape index (κ2) is 7.51. The number of carbonyl (C=O) groups is 1. The molecule has 5 nitrogen and oxygen atoms in total. The molecule has 2 saturated heterocycles. The third-order valence-corrected chi connectivity index (χ3v) is 5.91. The van der Waals surface area contributed by atoms with Crippen molar-refractivity contribution < 1.29 is 19.0 Å². The Labute approximate surface area is 164 Å². The van der Waals surface area contributed by atoms with Gasteiger partial charge in [-0.3, -0.25) is 4.98 Å². The van der Waals surface area contributed by atoms with Crippen molar-refractivity contribution in [3.63, 3.8) is 0 Å². The first kappa shape index (κ1) is 18.9. The molecule has 1 N–H and O–H groups in total. The average molecular weight is 384 g/mol. The van der Waals surface area contributed by atoms with Crippen LogP contribution >= 0.6 is 0 Å². The first-order valence-electron chi connectivity index (χ1n) is 9.80. The molecule has 2 atom stereocenters. The molecule has 1 aromatic heterocycles. The quantitative estimate of drug-likeness (QED) is 0.867. The number of aliphatic hydroxyl groups is 1. The van der Waals surface area contributed by atoms with Crippen LogP contribution in [0.1, 0.15) is 48.9 Å². The van der Waals surface area contributed by atoms with Gasteiger partial charge in [-0.05, 0) is 43.4 Å². The van der Waals surface area contributed by atoms with E-state index < -0.39 is 11.4 Å². The zero-order valence-corrected chi connectivity index (χ0v) is 16.0. The maximum absolute atomic E-state index is 13.4. The molecule has 2 aromatic rings. The van der Waals surface area contributed by atoms with Crippen LogP contribution in [0.4, 0.5) is 9.18 Å². The number of ether oxygens (including phenoxy) is 1. The summed E-state index contributed by atoms with van der Waals surface area (Å²) in [4.78, 5) is 18.8. The van der Waals surface area contributed by atoms with E-state index in [9.17, 15) is 14.3 Å². The summed E-state index contributed by atoms with van der Waals surface area (Å²) < 4.78 is 19.0. The van der Waals surface area contributed by atoms with Crippen LogP contribution in [0, 0.1) is 12.7 Å². The monoisotopic (exact) mass is 384 g/mol. The van der Waals surface area contributed by atoms with Crippen molar-refractivity contribution in [2.45, 2.75) is 63.3 Å². The summed E-state index contributed by atoms with van der Waals surface area (Å²) in [5.74, 6) is -0.410. The number of carbonyl (C=O) groups excluding carboxylic acids is 1. The molecule has 1 amide bonds. The molecule has 0 radical (unpaired) electrons. The minimum atomic E-state index is -1.15. The van der Waals surface area contributed by atoms with Gasteiger partial charge in [-0.2, -0.15) is 0 Å². The smallest absolute Gasteiger partial charge is 0.410 e. The number of aromatic nitrogens is 1. The number of fused-ring (bicyclic) bond motifs is 2. The van der Waals surface area contributed by atoms with Gasteiger partial charge in [-0.1, -0.05) is 30.3 Å². The Balaban J connectivity index is 1.51. The normalized spacial score (nSPS) is 26.8. The van der Waals surface area contributed by atoms with Gasteiger partial charge >= 0.3 is 6.09 Å². The summed E-state index contributed by atoms with van der Waals surface area (Å²) in [6.45, 7) is 2.00. The van der Waals surface area contributed by atoms with E-state index in [-0.39, 0.29) is 24.8 Å². The standard InChI is InChI=1S/C22H25FN2O3/c1-15-10-17(23)13-24-20(15)22(27)11-18-8-5-9-19(12-22)25(18)21(26)28-14-16-6-3-2-4-7-16/h2-4,6-7,10,13,18-19,27H,5,8-9,11-12,14H2,1H3. The highest BCUT2D eigenvalue weighted by atomic mass is 19.1. The largest absolute Gasteiger partial charge is 0.445 e. The molecule has 2 fully saturated rings. The van der Waals surface area contributed by atoms with E-state index >= 15 is 0 Å². The van der Waals surface area contributed by atoms with Crippen LogP contribution in [0.3, 0.4) is 0 Å². The van der Waals surface area contributed by atoms with Gasteiger partial charge in [-0.15, -0.1) is 0 Å². The van der Waals surface area contributed by atoms with Gasteiger partial charge < -0.3 is 14.7 Å². The summed E-state index contributed by atoms with van der Waals surface area (Å²) in [5, 5.41) is 11.4. The maximum Gasteiger partial charge on any atom is 0.410 e. The molecule has 6 heteroatoms. The van der Waals surface area contributed by atoms with Crippen LogP contribution < -0.4 is 0 Å². The molecule has 2 bridgehead atoms. The summed E-state index contributed by atoms with van der Waals surface area (Å²) in [5.41, 5.74) is 0.952. The lowest BCUT2D eigenvalue weighted by Crippen LogP contribution is -2.59. The summed E-state index contributed by atoms with van der Waals surface area (Å²) >= 11 is 0. The molecule has 4 rings (SSSR count). The van der Waals surface area contributed by atoms with Crippen LogP contribution in [0.25, 0.3) is 0 Å². The van der Waals surface area contributed by atoms with Gasteiger partial charge in [0.2, 0.25) is 0 Å². The number of aryl methyl sites for hydroxylation is 1. The van der Waals surface area contributed by atoms with Crippen LogP contribution in [-0.4, -0.2) is 33.2 Å². The zero-order valence-electron chi connectivity index (χ0n) is 16.0. The van der Waals surface area contributed by atoms with Crippen LogP contribution in [0.5, 0.6) is 0 Å². The molecule has 148 valence electrons. The molecule has 28 heavy (non-hydrogen) atoms. The van der Waals surface area contributed by atoms with Crippen LogP contribution in [0.2, 0.25) is 0 Å². The van der Waals surface area contributed by atoms with E-state index in [0.717, 1.165) is 31.0 Å². The number of halogens is 1. The SMILES string of the molecule is Cc1cc(F)cnc1C1(O)CC2CCCC(C1)N2C(=O)OCc1ccccc1. The molecular formula is C22H25FN2O3. The predicted octanol–water partition coefficient (Wildman–Crippen LogP) is 4.07. The second-order valence-electron chi connectivity index (χ2n) is 7.94. The number of rotatable bonds is 3. The third kappa shape index (κ3) is 3.61. The van der Waals surface area contributed by atoms with Gasteiger partial charge in [0.05, 0.1) is 11.9 Å². The van der Waals surface area contributed by atoms with Gasteiger partial charge in [0, 0.05) is 24.9 Å². The molecule has 2 aliphatic rings. The topological polar surface area (TPSA) is 62.7 Å². The summed E-state index contributed by atoms with van der Waals surface area (Å²) in [6.07, 6.45) is 4.26. The molecule has 2 unspecified atom stereocenters. The molecule has 0 spiro atoms. The maximum atomic E-state index is 13.4. The van der Waals surface area contributed by atoms with Crippen molar-refractivity contribution in [2.24, 2.45) is 0 Å². The number of hydrogen-bond donors (Lipinski definition) is 1. The van der Waals surface area contributed by atoms with E-state index in [0.29, 0.717) is 24.1 Å². The lowest BCUT2D eigenvalue weighted by atomic mass is 9.73. The Bertz CT molecular complexity index is 844. The zero-order chi connectivity index (χ0) is 19.7. The highest BCUT2D eigenvalue weighted by Crippen LogP contribution is 2.44. The average Bonchev–Trinajstić information content (AvgIpc) is 2.66. The predicted molar refractivity (Wildman–Crippen MR) is 102 cm³/mol. The van der Waals surface area contributed by atoms with Crippen LogP contribution in [-0.2, 0) is 16.9 Å². The second-order valence-corrected chi connectivity index (χ2v) is 7.94. The number of piperidine rings is 2. The van der Waals surface area contributed by atoms with Crippen molar-refractivity contribution in [1.29, 1.82) is 0 Å². The number of pyridine rings is 1. The van der Waals surface area contributed by atoms with E-state index in [1.54, 1.807) is 11.8 Å². The minimum absolute atomic E-state index is 0.105. The van der Waals surface area contributed by atoms with Crippen molar-refractivity contribution in [1.82, 2.24) is 9.88 Å². The van der Waals surface area contributed by atoms with Gasteiger partial charge in [0.25, 0.3) is 0 Å². The number of amides is 1. The van der Waals surface area contributed by atoms with E-state index in [4.69, 9.17) is 4.74 Å². The molecule has 0 saturated carbocycles. The summed E-state index contributed by atoms with van der Waals surface area (Å²) in [6, 6.07) is 10.8. The van der Waals surface area contributed by atoms with Crippen molar-refractivity contribution >= 4 is 6.09 Å². The molecule has 0 aliphatic carbocycles. The molecule has 3 heterocycles. The Hall–Kier alpha value is -2.47. The first-order valence-corrected chi connectivity index (χ1v) is 9.80. The number of benzene rings is 1. The van der Waals surface area contributed by atoms with Crippen molar-refractivity contribution in [3.8, 4) is 0 Å². The highest BCUT2D eigenvalue weighted by molar-refractivity contribution is 5.69. The van der Waals surface area contributed by atoms with E-state index in [1.165, 1.54) is 6.07 Å². The van der Waals surface area contributed by atoms with Gasteiger partial charge in [-0.25, -0.2) is 9.18 Å². The minimum Gasteiger partial charge on any atom is -0.445 e. The Kier molecular flexibility index (Phi) is 5.06. The Morgan fingerprint density at radius 2 is 1.96 bits per heavy atom. The summed E-state index contributed by atoms with van der Waals surface area (Å²) in [7, 11) is 0. The van der Waals surface area contributed by atoms with E-state index in [1.807, 2.05) is 30.3 Å². The number of nitrogens with zero attached hydrogens (tertiary/aromatic N) is 2. The van der Waals surface area contributed by atoms with Gasteiger partial charge in [0.15, 0.2) is 0 Å². The Morgan fingerprint density at radius 3 is 2.61 bits per heavy atom. The molecule has 1 aromatic carbocycles. The third-order valence-electron chi connectivity index (χ3n) is 5.91. The lowest BCUT2D eigenvalue weighted by molar-refractivity contribution is -0.0921. The highest BCUT2D eigenvalue weighted by Gasteiger charge is 2.49. The van der Waals surface area contributed by atoms with Crippen LogP contribution in [0.15, 0.2) is 42.6 Å². The van der Waals surface area contributed by atoms with Crippen molar-refractivity contribution in [3.05, 3.63) is 65.2 Å². The molecule has 2 aliphatic heterocycles. The van der Waals surface area contributed by atoms with E-state index in [2.05, 4.69) is 4.98 Å². The Morgan fingerprint density at radius 1 is 1.29 bits per heavy atom. The van der Waals surface area contributed by atoms with Gasteiger partial charge in [0.1, 0.15) is 18.0 Å². The van der Waals surface area contributed by atoms with Crippen molar-refractivity contribution in [2.75, 3.05) is 0 Å². The molecular weight excluding hydrogens is 359 g/mol. The fourth-order valence-corrected chi connectivity index (χ4v) is 4.74.